The van der Waals surface area contributed by atoms with Gasteiger partial charge in [-0.15, -0.1) is 11.3 Å². The molecule has 3 atom stereocenters. The van der Waals surface area contributed by atoms with Gasteiger partial charge in [-0.3, -0.25) is 4.79 Å². The van der Waals surface area contributed by atoms with Crippen LogP contribution in [0.5, 0.6) is 0 Å². The molecule has 1 aromatic heterocycles. The highest BCUT2D eigenvalue weighted by Gasteiger charge is 2.39. The number of rotatable bonds is 4. The zero-order valence-corrected chi connectivity index (χ0v) is 13.8. The van der Waals surface area contributed by atoms with Crippen molar-refractivity contribution < 1.29 is 4.79 Å². The summed E-state index contributed by atoms with van der Waals surface area (Å²) in [4.78, 5) is 13.5. The van der Waals surface area contributed by atoms with E-state index in [0.717, 1.165) is 12.0 Å². The SMILES string of the molecule is O=C(NC1CC2CCC1N2)c1ccc(Sc2cccs2)cc1. The maximum Gasteiger partial charge on any atom is 0.251 e. The quantitative estimate of drug-likeness (QED) is 0.901. The molecule has 2 fully saturated rings. The first-order valence-corrected chi connectivity index (χ1v) is 9.36. The first kappa shape index (κ1) is 14.3. The fourth-order valence-electron chi connectivity index (χ4n) is 3.35. The number of nitrogens with one attached hydrogen (secondary N) is 2. The standard InChI is InChI=1S/C17H18N2OS2/c20-17(19-15-10-12-5-8-14(15)18-12)11-3-6-13(7-4-11)22-16-2-1-9-21-16/h1-4,6-7,9,12,14-15,18H,5,8,10H2,(H,19,20). The maximum absolute atomic E-state index is 12.4. The van der Waals surface area contributed by atoms with Crippen LogP contribution in [-0.2, 0) is 0 Å². The molecule has 0 radical (unpaired) electrons. The van der Waals surface area contributed by atoms with Gasteiger partial charge in [-0.05, 0) is 55.0 Å². The molecule has 1 aromatic carbocycles. The van der Waals surface area contributed by atoms with Crippen LogP contribution < -0.4 is 10.6 Å². The van der Waals surface area contributed by atoms with Gasteiger partial charge in [-0.2, -0.15) is 0 Å². The van der Waals surface area contributed by atoms with Crippen molar-refractivity contribution in [2.75, 3.05) is 0 Å². The second kappa shape index (κ2) is 6.07. The molecule has 2 aliphatic heterocycles. The highest BCUT2D eigenvalue weighted by Crippen LogP contribution is 2.31. The number of carbonyl (C=O) groups excluding carboxylic acids is 1. The lowest BCUT2D eigenvalue weighted by molar-refractivity contribution is 0.0931. The molecule has 3 unspecified atom stereocenters. The van der Waals surface area contributed by atoms with Gasteiger partial charge in [0.05, 0.1) is 4.21 Å². The van der Waals surface area contributed by atoms with E-state index in [0.29, 0.717) is 18.1 Å². The van der Waals surface area contributed by atoms with Crippen LogP contribution in [-0.4, -0.2) is 24.0 Å². The van der Waals surface area contributed by atoms with Crippen LogP contribution in [0.1, 0.15) is 29.6 Å². The van der Waals surface area contributed by atoms with Crippen molar-refractivity contribution in [1.29, 1.82) is 0 Å². The van der Waals surface area contributed by atoms with Crippen molar-refractivity contribution in [3.8, 4) is 0 Å². The average Bonchev–Trinajstić information content (AvgIpc) is 3.25. The summed E-state index contributed by atoms with van der Waals surface area (Å²) in [6, 6.07) is 13.4. The molecular weight excluding hydrogens is 312 g/mol. The molecule has 0 saturated carbocycles. The Hall–Kier alpha value is -1.30. The molecule has 2 bridgehead atoms. The summed E-state index contributed by atoms with van der Waals surface area (Å²) in [6.45, 7) is 0. The Kier molecular flexibility index (Phi) is 3.94. The topological polar surface area (TPSA) is 41.1 Å². The van der Waals surface area contributed by atoms with Crippen molar-refractivity contribution in [2.45, 2.75) is 46.5 Å². The summed E-state index contributed by atoms with van der Waals surface area (Å²) < 4.78 is 1.27. The smallest absolute Gasteiger partial charge is 0.251 e. The Labute approximate surface area is 138 Å². The Balaban J connectivity index is 1.38. The number of thiophene rings is 1. The molecule has 0 aliphatic carbocycles. The van der Waals surface area contributed by atoms with Crippen molar-refractivity contribution in [1.82, 2.24) is 10.6 Å². The average molecular weight is 330 g/mol. The van der Waals surface area contributed by atoms with E-state index in [4.69, 9.17) is 0 Å². The second-order valence-corrected chi connectivity index (χ2v) is 8.24. The summed E-state index contributed by atoms with van der Waals surface area (Å²) in [5.41, 5.74) is 0.748. The summed E-state index contributed by atoms with van der Waals surface area (Å²) >= 11 is 3.47. The molecule has 2 aromatic rings. The van der Waals surface area contributed by atoms with Crippen molar-refractivity contribution >= 4 is 29.0 Å². The second-order valence-electron chi connectivity index (χ2n) is 5.92. The van der Waals surface area contributed by atoms with Crippen LogP contribution in [0.15, 0.2) is 50.9 Å². The van der Waals surface area contributed by atoms with Crippen LogP contribution in [0.2, 0.25) is 0 Å². The van der Waals surface area contributed by atoms with Gasteiger partial charge in [0.1, 0.15) is 0 Å². The van der Waals surface area contributed by atoms with Gasteiger partial charge in [0.2, 0.25) is 0 Å². The van der Waals surface area contributed by atoms with Gasteiger partial charge in [0.25, 0.3) is 5.91 Å². The molecule has 5 heteroatoms. The first-order valence-electron chi connectivity index (χ1n) is 7.66. The number of amides is 1. The lowest BCUT2D eigenvalue weighted by atomic mass is 9.95. The molecule has 0 spiro atoms. The van der Waals surface area contributed by atoms with E-state index in [1.165, 1.54) is 21.9 Å². The van der Waals surface area contributed by atoms with E-state index in [-0.39, 0.29) is 5.91 Å². The Morgan fingerprint density at radius 2 is 2.09 bits per heavy atom. The van der Waals surface area contributed by atoms with Crippen molar-refractivity contribution in [3.63, 3.8) is 0 Å². The summed E-state index contributed by atoms with van der Waals surface area (Å²) in [5, 5.41) is 8.81. The fraction of sp³-hybridized carbons (Fsp3) is 0.353. The van der Waals surface area contributed by atoms with Gasteiger partial charge >= 0.3 is 0 Å². The molecule has 114 valence electrons. The summed E-state index contributed by atoms with van der Waals surface area (Å²) in [5.74, 6) is 0.0482. The highest BCUT2D eigenvalue weighted by atomic mass is 32.2. The molecule has 22 heavy (non-hydrogen) atoms. The van der Waals surface area contributed by atoms with E-state index in [9.17, 15) is 4.79 Å². The van der Waals surface area contributed by atoms with Gasteiger partial charge in [0, 0.05) is 28.6 Å². The molecule has 3 heterocycles. The van der Waals surface area contributed by atoms with Crippen LogP contribution in [0, 0.1) is 0 Å². The molecule has 4 rings (SSSR count). The van der Waals surface area contributed by atoms with Gasteiger partial charge < -0.3 is 10.6 Å². The predicted molar refractivity (Wildman–Crippen MR) is 90.7 cm³/mol. The third kappa shape index (κ3) is 2.93. The van der Waals surface area contributed by atoms with E-state index in [2.05, 4.69) is 28.1 Å². The Morgan fingerprint density at radius 3 is 2.73 bits per heavy atom. The van der Waals surface area contributed by atoms with Crippen molar-refractivity contribution in [3.05, 3.63) is 47.3 Å². The van der Waals surface area contributed by atoms with Crippen LogP contribution in [0.4, 0.5) is 0 Å². The summed E-state index contributed by atoms with van der Waals surface area (Å²) in [6.07, 6.45) is 3.51. The molecule has 2 aliphatic rings. The highest BCUT2D eigenvalue weighted by molar-refractivity contribution is 8.01. The van der Waals surface area contributed by atoms with E-state index >= 15 is 0 Å². The number of fused-ring (bicyclic) bond motifs is 2. The predicted octanol–water partition coefficient (Wildman–Crippen LogP) is 3.52. The molecule has 1 amide bonds. The van der Waals surface area contributed by atoms with Crippen LogP contribution in [0.3, 0.4) is 0 Å². The lowest BCUT2D eigenvalue weighted by Crippen LogP contribution is -2.42. The minimum absolute atomic E-state index is 0.0482. The fourth-order valence-corrected chi connectivity index (χ4v) is 5.09. The largest absolute Gasteiger partial charge is 0.348 e. The minimum atomic E-state index is 0.0482. The zero-order chi connectivity index (χ0) is 14.9. The van der Waals surface area contributed by atoms with Gasteiger partial charge in [-0.1, -0.05) is 17.8 Å². The third-order valence-corrected chi connectivity index (χ3v) is 6.49. The Morgan fingerprint density at radius 1 is 1.23 bits per heavy atom. The molecule has 3 nitrogen and oxygen atoms in total. The number of benzene rings is 1. The normalized spacial score (nSPS) is 26.3. The summed E-state index contributed by atoms with van der Waals surface area (Å²) in [7, 11) is 0. The zero-order valence-electron chi connectivity index (χ0n) is 12.1. The van der Waals surface area contributed by atoms with E-state index < -0.39 is 0 Å². The van der Waals surface area contributed by atoms with Crippen LogP contribution in [0.25, 0.3) is 0 Å². The number of hydrogen-bond acceptors (Lipinski definition) is 4. The van der Waals surface area contributed by atoms with Crippen molar-refractivity contribution in [2.24, 2.45) is 0 Å². The maximum atomic E-state index is 12.4. The minimum Gasteiger partial charge on any atom is -0.348 e. The monoisotopic (exact) mass is 330 g/mol. The van der Waals surface area contributed by atoms with Gasteiger partial charge in [-0.25, -0.2) is 0 Å². The van der Waals surface area contributed by atoms with E-state index in [1.54, 1.807) is 23.1 Å². The van der Waals surface area contributed by atoms with Gasteiger partial charge in [0.15, 0.2) is 0 Å². The molecule has 2 saturated heterocycles. The van der Waals surface area contributed by atoms with E-state index in [1.807, 2.05) is 24.3 Å². The first-order chi connectivity index (χ1) is 10.8. The molecular formula is C17H18N2OS2. The Bertz CT molecular complexity index is 654. The molecule has 2 N–H and O–H groups in total. The lowest BCUT2D eigenvalue weighted by Gasteiger charge is -2.21. The number of carbonyl (C=O) groups is 1. The van der Waals surface area contributed by atoms with Crippen LogP contribution >= 0.6 is 23.1 Å². The number of hydrogen-bond donors (Lipinski definition) is 2. The third-order valence-electron chi connectivity index (χ3n) is 4.45.